The molecule has 2 N–H and O–H groups in total. The van der Waals surface area contributed by atoms with E-state index in [1.54, 1.807) is 0 Å². The van der Waals surface area contributed by atoms with Gasteiger partial charge in [-0.15, -0.1) is 0 Å². The van der Waals surface area contributed by atoms with Gasteiger partial charge >= 0.3 is 0 Å². The number of fused-ring (bicyclic) bond motifs is 1. The molecule has 0 aromatic heterocycles. The lowest BCUT2D eigenvalue weighted by atomic mass is 9.99. The van der Waals surface area contributed by atoms with E-state index in [-0.39, 0.29) is 12.6 Å². The molecule has 4 heteroatoms. The molecule has 17 heavy (non-hydrogen) atoms. The Labute approximate surface area is 101 Å². The summed E-state index contributed by atoms with van der Waals surface area (Å²) < 4.78 is 0. The van der Waals surface area contributed by atoms with Gasteiger partial charge in [0.05, 0.1) is 6.73 Å². The molecule has 0 atom stereocenters. The van der Waals surface area contributed by atoms with E-state index in [9.17, 15) is 4.79 Å². The zero-order valence-electron chi connectivity index (χ0n) is 10.1. The van der Waals surface area contributed by atoms with E-state index in [1.165, 1.54) is 11.1 Å². The molecular weight excluding hydrogens is 216 g/mol. The van der Waals surface area contributed by atoms with Crippen molar-refractivity contribution in [1.29, 1.82) is 0 Å². The van der Waals surface area contributed by atoms with Crippen molar-refractivity contribution < 1.29 is 9.90 Å². The van der Waals surface area contributed by atoms with E-state index in [2.05, 4.69) is 11.4 Å². The Morgan fingerprint density at radius 3 is 3.00 bits per heavy atom. The van der Waals surface area contributed by atoms with E-state index in [0.29, 0.717) is 6.42 Å². The van der Waals surface area contributed by atoms with Crippen LogP contribution < -0.4 is 5.32 Å². The zero-order chi connectivity index (χ0) is 12.3. The Balaban J connectivity index is 2.04. The van der Waals surface area contributed by atoms with Gasteiger partial charge in [0.2, 0.25) is 5.91 Å². The van der Waals surface area contributed by atoms with Crippen molar-refractivity contribution in [2.45, 2.75) is 19.3 Å². The maximum Gasteiger partial charge on any atom is 0.224 e. The number of amides is 1. The first kappa shape index (κ1) is 12.1. The number of benzene rings is 1. The lowest BCUT2D eigenvalue weighted by Gasteiger charge is -2.18. The second kappa shape index (κ2) is 5.29. The number of nitrogens with zero attached hydrogens (tertiary/aromatic N) is 1. The van der Waals surface area contributed by atoms with Crippen molar-refractivity contribution in [3.63, 3.8) is 0 Å². The summed E-state index contributed by atoms with van der Waals surface area (Å²) in [7, 11) is 1.89. The van der Waals surface area contributed by atoms with Crippen LogP contribution in [0.4, 0.5) is 5.69 Å². The quantitative estimate of drug-likeness (QED) is 0.764. The molecule has 0 saturated carbocycles. The van der Waals surface area contributed by atoms with Gasteiger partial charge in [0, 0.05) is 18.7 Å². The van der Waals surface area contributed by atoms with E-state index in [1.807, 2.05) is 24.1 Å². The SMILES string of the molecule is CN(CO)CCc1ccc2c(c1)CCC(=O)N2. The minimum Gasteiger partial charge on any atom is -0.381 e. The second-order valence-electron chi connectivity index (χ2n) is 4.51. The van der Waals surface area contributed by atoms with Crippen LogP contribution in [0.2, 0.25) is 0 Å². The fourth-order valence-electron chi connectivity index (χ4n) is 1.98. The number of aliphatic hydroxyl groups excluding tert-OH is 1. The normalized spacial score (nSPS) is 14.6. The summed E-state index contributed by atoms with van der Waals surface area (Å²) in [6, 6.07) is 6.16. The number of hydrogen-bond donors (Lipinski definition) is 2. The van der Waals surface area contributed by atoms with Crippen LogP contribution >= 0.6 is 0 Å². The van der Waals surface area contributed by atoms with Crippen molar-refractivity contribution in [2.24, 2.45) is 0 Å². The number of carbonyl (C=O) groups is 1. The number of likely N-dealkylation sites (N-methyl/N-ethyl adjacent to an activating group) is 1. The molecular formula is C13H18N2O2. The largest absolute Gasteiger partial charge is 0.381 e. The molecule has 1 aromatic carbocycles. The predicted molar refractivity (Wildman–Crippen MR) is 66.8 cm³/mol. The molecule has 0 fully saturated rings. The van der Waals surface area contributed by atoms with Gasteiger partial charge in [0.1, 0.15) is 0 Å². The van der Waals surface area contributed by atoms with Crippen molar-refractivity contribution in [3.05, 3.63) is 29.3 Å². The van der Waals surface area contributed by atoms with E-state index < -0.39 is 0 Å². The third-order valence-corrected chi connectivity index (χ3v) is 3.09. The van der Waals surface area contributed by atoms with E-state index in [0.717, 1.165) is 25.1 Å². The summed E-state index contributed by atoms with van der Waals surface area (Å²) in [4.78, 5) is 13.1. The molecule has 1 heterocycles. The summed E-state index contributed by atoms with van der Waals surface area (Å²) >= 11 is 0. The zero-order valence-corrected chi connectivity index (χ0v) is 10.1. The molecule has 1 aliphatic rings. The topological polar surface area (TPSA) is 52.6 Å². The molecule has 0 saturated heterocycles. The highest BCUT2D eigenvalue weighted by Crippen LogP contribution is 2.23. The smallest absolute Gasteiger partial charge is 0.224 e. The molecule has 0 aliphatic carbocycles. The Bertz CT molecular complexity index is 418. The number of aliphatic hydroxyl groups is 1. The van der Waals surface area contributed by atoms with Gasteiger partial charge in [-0.25, -0.2) is 0 Å². The number of rotatable bonds is 4. The summed E-state index contributed by atoms with van der Waals surface area (Å²) in [5.41, 5.74) is 3.41. The number of anilines is 1. The Morgan fingerprint density at radius 2 is 2.24 bits per heavy atom. The summed E-state index contributed by atoms with van der Waals surface area (Å²) in [5.74, 6) is 0.102. The predicted octanol–water partition coefficient (Wildman–Crippen LogP) is 0.995. The monoisotopic (exact) mass is 234 g/mol. The highest BCUT2D eigenvalue weighted by atomic mass is 16.3. The highest BCUT2D eigenvalue weighted by molar-refractivity contribution is 5.93. The van der Waals surface area contributed by atoms with Crippen molar-refractivity contribution >= 4 is 11.6 Å². The number of carbonyl (C=O) groups excluding carboxylic acids is 1. The van der Waals surface area contributed by atoms with Crippen LogP contribution in [0.15, 0.2) is 18.2 Å². The van der Waals surface area contributed by atoms with Gasteiger partial charge < -0.3 is 10.4 Å². The lowest BCUT2D eigenvalue weighted by molar-refractivity contribution is -0.116. The lowest BCUT2D eigenvalue weighted by Crippen LogP contribution is -2.22. The van der Waals surface area contributed by atoms with Crippen molar-refractivity contribution in [1.82, 2.24) is 4.90 Å². The summed E-state index contributed by atoms with van der Waals surface area (Å²) in [6.07, 6.45) is 2.32. The Morgan fingerprint density at radius 1 is 1.41 bits per heavy atom. The third-order valence-electron chi connectivity index (χ3n) is 3.09. The third kappa shape index (κ3) is 3.05. The number of hydrogen-bond acceptors (Lipinski definition) is 3. The van der Waals surface area contributed by atoms with Crippen molar-refractivity contribution in [2.75, 3.05) is 25.6 Å². The van der Waals surface area contributed by atoms with Gasteiger partial charge in [0.15, 0.2) is 0 Å². The molecule has 4 nitrogen and oxygen atoms in total. The molecule has 0 unspecified atom stereocenters. The van der Waals surface area contributed by atoms with Crippen LogP contribution in [0.5, 0.6) is 0 Å². The van der Waals surface area contributed by atoms with Gasteiger partial charge in [-0.05, 0) is 37.1 Å². The Kier molecular flexibility index (Phi) is 3.76. The average Bonchev–Trinajstić information content (AvgIpc) is 2.35. The van der Waals surface area contributed by atoms with Crippen molar-refractivity contribution in [3.8, 4) is 0 Å². The van der Waals surface area contributed by atoms with E-state index in [4.69, 9.17) is 5.11 Å². The molecule has 92 valence electrons. The second-order valence-corrected chi connectivity index (χ2v) is 4.51. The molecule has 0 spiro atoms. The maximum absolute atomic E-state index is 11.2. The standard InChI is InChI=1S/C13H18N2O2/c1-15(9-16)7-6-10-2-4-12-11(8-10)3-5-13(17)14-12/h2,4,8,16H,3,5-7,9H2,1H3,(H,14,17). The van der Waals surface area contributed by atoms with Crippen LogP contribution in [-0.2, 0) is 17.6 Å². The van der Waals surface area contributed by atoms with Gasteiger partial charge in [-0.3, -0.25) is 9.69 Å². The van der Waals surface area contributed by atoms with Crippen LogP contribution in [0.1, 0.15) is 17.5 Å². The molecule has 1 aromatic rings. The van der Waals surface area contributed by atoms with Crippen LogP contribution in [0.25, 0.3) is 0 Å². The fraction of sp³-hybridized carbons (Fsp3) is 0.462. The first-order chi connectivity index (χ1) is 8.19. The molecule has 1 aliphatic heterocycles. The fourth-order valence-corrected chi connectivity index (χ4v) is 1.98. The van der Waals surface area contributed by atoms with Crippen LogP contribution in [-0.4, -0.2) is 36.2 Å². The first-order valence-electron chi connectivity index (χ1n) is 5.90. The molecule has 0 bridgehead atoms. The molecule has 2 rings (SSSR count). The minimum absolute atomic E-state index is 0.0843. The van der Waals surface area contributed by atoms with Crippen LogP contribution in [0.3, 0.4) is 0 Å². The Hall–Kier alpha value is -1.39. The molecule has 0 radical (unpaired) electrons. The molecule has 1 amide bonds. The number of nitrogens with one attached hydrogen (secondary N) is 1. The minimum atomic E-state index is 0.0843. The number of aryl methyl sites for hydroxylation is 1. The first-order valence-corrected chi connectivity index (χ1v) is 5.90. The van der Waals surface area contributed by atoms with Gasteiger partial charge in [0.25, 0.3) is 0 Å². The highest BCUT2D eigenvalue weighted by Gasteiger charge is 2.14. The van der Waals surface area contributed by atoms with Gasteiger partial charge in [-0.2, -0.15) is 0 Å². The average molecular weight is 234 g/mol. The summed E-state index contributed by atoms with van der Waals surface area (Å²) in [5, 5.41) is 11.8. The maximum atomic E-state index is 11.2. The summed E-state index contributed by atoms with van der Waals surface area (Å²) in [6.45, 7) is 0.919. The van der Waals surface area contributed by atoms with Crippen LogP contribution in [0, 0.1) is 0 Å². The van der Waals surface area contributed by atoms with E-state index >= 15 is 0 Å². The van der Waals surface area contributed by atoms with Gasteiger partial charge in [-0.1, -0.05) is 12.1 Å².